The topological polar surface area (TPSA) is 80.5 Å². The third-order valence-corrected chi connectivity index (χ3v) is 4.10. The zero-order valence-electron chi connectivity index (χ0n) is 12.6. The molecule has 1 fully saturated rings. The highest BCUT2D eigenvalue weighted by atomic mass is 127. The van der Waals surface area contributed by atoms with Gasteiger partial charge >= 0.3 is 0 Å². The lowest BCUT2D eigenvalue weighted by Gasteiger charge is -2.27. The molecule has 0 atom stereocenters. The van der Waals surface area contributed by atoms with Crippen LogP contribution in [0.1, 0.15) is 37.9 Å². The molecule has 120 valence electrons. The van der Waals surface area contributed by atoms with Gasteiger partial charge in [-0.1, -0.05) is 19.0 Å². The van der Waals surface area contributed by atoms with Crippen molar-refractivity contribution in [2.75, 3.05) is 31.1 Å². The highest BCUT2D eigenvalue weighted by molar-refractivity contribution is 14.0. The number of halogens is 1. The number of hydrogen-bond acceptors (Lipinski definition) is 5. The fraction of sp³-hybridized carbons (Fsp3) is 0.769. The molecule has 1 aromatic heterocycles. The van der Waals surface area contributed by atoms with Gasteiger partial charge in [-0.15, -0.1) is 24.0 Å². The van der Waals surface area contributed by atoms with Crippen molar-refractivity contribution in [1.82, 2.24) is 15.0 Å². The van der Waals surface area contributed by atoms with E-state index in [1.807, 2.05) is 11.8 Å². The Morgan fingerprint density at radius 1 is 1.43 bits per heavy atom. The van der Waals surface area contributed by atoms with Gasteiger partial charge in [0.15, 0.2) is 11.8 Å². The Bertz CT molecular complexity index is 446. The quantitative estimate of drug-likeness (QED) is 0.337. The van der Waals surface area contributed by atoms with Crippen LogP contribution in [0.25, 0.3) is 0 Å². The van der Waals surface area contributed by atoms with Crippen LogP contribution in [0.2, 0.25) is 0 Å². The van der Waals surface area contributed by atoms with Crippen LogP contribution >= 0.6 is 35.7 Å². The number of aliphatic imine (C=N–C) groups is 1. The normalized spacial score (nSPS) is 16.1. The number of aromatic nitrogens is 2. The summed E-state index contributed by atoms with van der Waals surface area (Å²) in [4.78, 5) is 10.9. The molecule has 0 aromatic carbocycles. The lowest BCUT2D eigenvalue weighted by atomic mass is 10.2. The van der Waals surface area contributed by atoms with Crippen LogP contribution in [0.3, 0.4) is 0 Å². The summed E-state index contributed by atoms with van der Waals surface area (Å²) in [5, 5.41) is 3.95. The highest BCUT2D eigenvalue weighted by Crippen LogP contribution is 2.11. The largest absolute Gasteiger partial charge is 0.370 e. The van der Waals surface area contributed by atoms with Gasteiger partial charge in [-0.25, -0.2) is 0 Å². The molecule has 6 nitrogen and oxygen atoms in total. The van der Waals surface area contributed by atoms with Crippen LogP contribution in [0, 0.1) is 0 Å². The molecular weight excluding hydrogens is 401 g/mol. The van der Waals surface area contributed by atoms with Gasteiger partial charge in [-0.2, -0.15) is 16.7 Å². The van der Waals surface area contributed by atoms with E-state index in [0.717, 1.165) is 43.3 Å². The van der Waals surface area contributed by atoms with Crippen LogP contribution < -0.4 is 5.73 Å². The fourth-order valence-corrected chi connectivity index (χ4v) is 2.82. The van der Waals surface area contributed by atoms with Gasteiger partial charge in [0.05, 0.1) is 0 Å². The van der Waals surface area contributed by atoms with Crippen LogP contribution in [0.4, 0.5) is 0 Å². The SMILES string of the molecule is CC(C)c1noc(CCCN=C(N)N2CCSCC2)n1.I. The van der Waals surface area contributed by atoms with Crippen molar-refractivity contribution in [2.45, 2.75) is 32.6 Å². The number of rotatable bonds is 5. The first-order valence-corrected chi connectivity index (χ1v) is 8.27. The minimum absolute atomic E-state index is 0. The zero-order chi connectivity index (χ0) is 14.4. The molecule has 1 aromatic rings. The third kappa shape index (κ3) is 6.01. The molecular formula is C13H24IN5OS. The van der Waals surface area contributed by atoms with E-state index in [9.17, 15) is 0 Å². The lowest BCUT2D eigenvalue weighted by Crippen LogP contribution is -2.42. The number of nitrogens with two attached hydrogens (primary N) is 1. The van der Waals surface area contributed by atoms with Crippen molar-refractivity contribution in [2.24, 2.45) is 10.7 Å². The number of hydrogen-bond donors (Lipinski definition) is 1. The predicted molar refractivity (Wildman–Crippen MR) is 97.5 cm³/mol. The highest BCUT2D eigenvalue weighted by Gasteiger charge is 2.12. The molecule has 21 heavy (non-hydrogen) atoms. The second kappa shape index (κ2) is 9.50. The maximum atomic E-state index is 5.99. The number of aryl methyl sites for hydroxylation is 1. The minimum atomic E-state index is 0. The van der Waals surface area contributed by atoms with E-state index in [-0.39, 0.29) is 24.0 Å². The van der Waals surface area contributed by atoms with Gasteiger partial charge in [0.1, 0.15) is 0 Å². The Morgan fingerprint density at radius 2 is 2.14 bits per heavy atom. The summed E-state index contributed by atoms with van der Waals surface area (Å²) in [6.45, 7) is 6.81. The van der Waals surface area contributed by atoms with Crippen molar-refractivity contribution >= 4 is 41.7 Å². The average Bonchev–Trinajstić information content (AvgIpc) is 2.93. The second-order valence-corrected chi connectivity index (χ2v) is 6.37. The van der Waals surface area contributed by atoms with Crippen LogP contribution in [-0.4, -0.2) is 52.1 Å². The number of nitrogens with zero attached hydrogens (tertiary/aromatic N) is 4. The Kier molecular flexibility index (Phi) is 8.38. The van der Waals surface area contributed by atoms with Crippen LogP contribution in [0.15, 0.2) is 9.52 Å². The molecule has 2 heterocycles. The molecule has 8 heteroatoms. The van der Waals surface area contributed by atoms with Crippen LogP contribution in [0.5, 0.6) is 0 Å². The maximum Gasteiger partial charge on any atom is 0.226 e. The first kappa shape index (κ1) is 18.5. The summed E-state index contributed by atoms with van der Waals surface area (Å²) in [7, 11) is 0. The monoisotopic (exact) mass is 425 g/mol. The number of thioether (sulfide) groups is 1. The van der Waals surface area contributed by atoms with E-state index in [2.05, 4.69) is 33.9 Å². The van der Waals surface area contributed by atoms with Gasteiger partial charge in [-0.3, -0.25) is 4.99 Å². The van der Waals surface area contributed by atoms with Gasteiger partial charge in [0.2, 0.25) is 5.89 Å². The first-order valence-electron chi connectivity index (χ1n) is 7.12. The van der Waals surface area contributed by atoms with E-state index in [1.165, 1.54) is 0 Å². The van der Waals surface area contributed by atoms with Crippen molar-refractivity contribution in [3.63, 3.8) is 0 Å². The molecule has 0 aliphatic carbocycles. The second-order valence-electron chi connectivity index (χ2n) is 5.14. The summed E-state index contributed by atoms with van der Waals surface area (Å²) in [6, 6.07) is 0. The van der Waals surface area contributed by atoms with Gasteiger partial charge in [0, 0.05) is 43.5 Å². The molecule has 0 saturated carbocycles. The number of guanidine groups is 1. The van der Waals surface area contributed by atoms with E-state index >= 15 is 0 Å². The Labute approximate surface area is 147 Å². The molecule has 0 amide bonds. The Balaban J connectivity index is 0.00000220. The van der Waals surface area contributed by atoms with E-state index in [0.29, 0.717) is 24.3 Å². The summed E-state index contributed by atoms with van der Waals surface area (Å²) in [5.41, 5.74) is 5.99. The van der Waals surface area contributed by atoms with Gasteiger partial charge in [-0.05, 0) is 6.42 Å². The van der Waals surface area contributed by atoms with Crippen molar-refractivity contribution in [3.8, 4) is 0 Å². The molecule has 0 radical (unpaired) electrons. The van der Waals surface area contributed by atoms with E-state index in [1.54, 1.807) is 0 Å². The molecule has 0 spiro atoms. The summed E-state index contributed by atoms with van der Waals surface area (Å²) in [5.74, 6) is 4.70. The van der Waals surface area contributed by atoms with E-state index < -0.39 is 0 Å². The molecule has 2 N–H and O–H groups in total. The Hall–Kier alpha value is -0.510. The maximum absolute atomic E-state index is 5.99. The molecule has 1 saturated heterocycles. The molecule has 2 rings (SSSR count). The van der Waals surface area contributed by atoms with Crippen molar-refractivity contribution < 1.29 is 4.52 Å². The van der Waals surface area contributed by atoms with Crippen molar-refractivity contribution in [1.29, 1.82) is 0 Å². The van der Waals surface area contributed by atoms with Gasteiger partial charge in [0.25, 0.3) is 0 Å². The minimum Gasteiger partial charge on any atom is -0.370 e. The average molecular weight is 425 g/mol. The third-order valence-electron chi connectivity index (χ3n) is 3.16. The summed E-state index contributed by atoms with van der Waals surface area (Å²) < 4.78 is 5.20. The summed E-state index contributed by atoms with van der Waals surface area (Å²) in [6.07, 6.45) is 1.63. The van der Waals surface area contributed by atoms with Crippen molar-refractivity contribution in [3.05, 3.63) is 11.7 Å². The smallest absolute Gasteiger partial charge is 0.226 e. The predicted octanol–water partition coefficient (Wildman–Crippen LogP) is 2.11. The lowest BCUT2D eigenvalue weighted by molar-refractivity contribution is 0.369. The Morgan fingerprint density at radius 3 is 2.76 bits per heavy atom. The standard InChI is InChI=1S/C13H23N5OS.HI/c1-10(2)12-16-11(19-17-12)4-3-5-15-13(14)18-6-8-20-9-7-18;/h10H,3-9H2,1-2H3,(H2,14,15);1H. The van der Waals surface area contributed by atoms with Crippen LogP contribution in [-0.2, 0) is 6.42 Å². The molecule has 0 bridgehead atoms. The molecule has 1 aliphatic heterocycles. The fourth-order valence-electron chi connectivity index (χ4n) is 1.92. The molecule has 0 unspecified atom stereocenters. The summed E-state index contributed by atoms with van der Waals surface area (Å²) >= 11 is 1.97. The molecule has 1 aliphatic rings. The van der Waals surface area contributed by atoms with E-state index in [4.69, 9.17) is 10.3 Å². The van der Waals surface area contributed by atoms with Gasteiger partial charge < -0.3 is 15.2 Å². The zero-order valence-corrected chi connectivity index (χ0v) is 15.8. The first-order chi connectivity index (χ1) is 9.66.